The van der Waals surface area contributed by atoms with Crippen LogP contribution in [0.15, 0.2) is 0 Å². The summed E-state index contributed by atoms with van der Waals surface area (Å²) in [4.78, 5) is 20.4. The zero-order valence-corrected chi connectivity index (χ0v) is 6.72. The zero-order valence-electron chi connectivity index (χ0n) is 5.13. The molecule has 0 saturated carbocycles. The van der Waals surface area contributed by atoms with Crippen molar-refractivity contribution >= 4 is 28.3 Å². The second kappa shape index (κ2) is 4.49. The lowest BCUT2D eigenvalue weighted by Gasteiger charge is -2.03. The highest BCUT2D eigenvalue weighted by molar-refractivity contribution is 9.07. The summed E-state index contributed by atoms with van der Waals surface area (Å²) in [5.41, 5.74) is 0. The minimum absolute atomic E-state index is 0.0814. The van der Waals surface area contributed by atoms with Gasteiger partial charge >= 0.3 is 0 Å². The first-order valence-corrected chi connectivity index (χ1v) is 3.25. The molecule has 0 saturated heterocycles. The highest BCUT2D eigenvalue weighted by Gasteiger charge is 2.02. The van der Waals surface area contributed by atoms with Crippen LogP contribution in [0.1, 0.15) is 12.8 Å². The quantitative estimate of drug-likeness (QED) is 0.490. The van der Waals surface area contributed by atoms with Gasteiger partial charge in [0.1, 0.15) is 6.29 Å². The van der Waals surface area contributed by atoms with Crippen molar-refractivity contribution in [1.82, 2.24) is 3.93 Å². The van der Waals surface area contributed by atoms with Gasteiger partial charge in [-0.2, -0.15) is 0 Å². The number of halogens is 1. The van der Waals surface area contributed by atoms with Crippen molar-refractivity contribution in [2.24, 2.45) is 0 Å². The van der Waals surface area contributed by atoms with Gasteiger partial charge in [0, 0.05) is 19.9 Å². The third kappa shape index (κ3) is 4.14. The molecule has 0 aromatic heterocycles. The van der Waals surface area contributed by atoms with Gasteiger partial charge in [0.2, 0.25) is 5.91 Å². The third-order valence-corrected chi connectivity index (χ3v) is 1.22. The minimum Gasteiger partial charge on any atom is -0.303 e. The van der Waals surface area contributed by atoms with E-state index in [0.717, 1.165) is 6.29 Å². The molecule has 0 N–H and O–H groups in total. The van der Waals surface area contributed by atoms with Gasteiger partial charge in [0.25, 0.3) is 0 Å². The summed E-state index contributed by atoms with van der Waals surface area (Å²) in [7, 11) is 1.59. The Morgan fingerprint density at radius 3 is 2.67 bits per heavy atom. The van der Waals surface area contributed by atoms with Crippen LogP contribution in [-0.4, -0.2) is 23.2 Å². The largest absolute Gasteiger partial charge is 0.303 e. The molecule has 0 atom stereocenters. The van der Waals surface area contributed by atoms with Gasteiger partial charge in [0.15, 0.2) is 0 Å². The van der Waals surface area contributed by atoms with Gasteiger partial charge < -0.3 is 4.79 Å². The molecule has 0 heterocycles. The standard InChI is InChI=1S/C5H8BrNO2/c1-7(6)5(9)3-2-4-8/h4H,2-3H2,1H3. The smallest absolute Gasteiger partial charge is 0.232 e. The molecule has 1 amide bonds. The van der Waals surface area contributed by atoms with Crippen molar-refractivity contribution in [3.63, 3.8) is 0 Å². The van der Waals surface area contributed by atoms with Crippen LogP contribution in [0.4, 0.5) is 0 Å². The van der Waals surface area contributed by atoms with E-state index in [9.17, 15) is 9.59 Å². The van der Waals surface area contributed by atoms with E-state index in [2.05, 4.69) is 16.1 Å². The fourth-order valence-electron chi connectivity index (χ4n) is 0.336. The molecule has 0 fully saturated rings. The SMILES string of the molecule is CN(Br)C(=O)CCC=O. The maximum atomic E-state index is 10.6. The van der Waals surface area contributed by atoms with E-state index < -0.39 is 0 Å². The summed E-state index contributed by atoms with van der Waals surface area (Å²) >= 11 is 2.94. The van der Waals surface area contributed by atoms with E-state index >= 15 is 0 Å². The first kappa shape index (κ1) is 8.62. The summed E-state index contributed by atoms with van der Waals surface area (Å²) < 4.78 is 1.29. The van der Waals surface area contributed by atoms with Crippen molar-refractivity contribution in [2.75, 3.05) is 7.05 Å². The van der Waals surface area contributed by atoms with Gasteiger partial charge in [-0.05, 0) is 0 Å². The normalized spacial score (nSPS) is 8.67. The maximum absolute atomic E-state index is 10.6. The average molecular weight is 194 g/mol. The molecule has 0 aliphatic heterocycles. The number of carbonyl (C=O) groups is 2. The van der Waals surface area contributed by atoms with Crippen LogP contribution < -0.4 is 0 Å². The second-order valence-electron chi connectivity index (χ2n) is 1.58. The van der Waals surface area contributed by atoms with Crippen LogP contribution in [0.5, 0.6) is 0 Å². The van der Waals surface area contributed by atoms with Crippen molar-refractivity contribution in [1.29, 1.82) is 0 Å². The molecular formula is C5H8BrNO2. The number of amides is 1. The van der Waals surface area contributed by atoms with E-state index in [1.165, 1.54) is 3.93 Å². The van der Waals surface area contributed by atoms with Crippen LogP contribution in [0.2, 0.25) is 0 Å². The number of hydrogen-bond donors (Lipinski definition) is 0. The van der Waals surface area contributed by atoms with Crippen LogP contribution in [0.3, 0.4) is 0 Å². The molecule has 0 aliphatic carbocycles. The lowest BCUT2D eigenvalue weighted by Crippen LogP contribution is -2.14. The molecule has 0 aliphatic rings. The highest BCUT2D eigenvalue weighted by atomic mass is 79.9. The molecule has 0 unspecified atom stereocenters. The summed E-state index contributed by atoms with van der Waals surface area (Å²) in [6, 6.07) is 0. The van der Waals surface area contributed by atoms with Gasteiger partial charge in [-0.15, -0.1) is 0 Å². The first-order valence-electron chi connectivity index (χ1n) is 2.54. The average Bonchev–Trinajstić information content (AvgIpc) is 1.82. The summed E-state index contributed by atoms with van der Waals surface area (Å²) in [5, 5.41) is 0. The fraction of sp³-hybridized carbons (Fsp3) is 0.600. The number of nitrogens with zero attached hydrogens (tertiary/aromatic N) is 1. The molecule has 0 spiro atoms. The highest BCUT2D eigenvalue weighted by Crippen LogP contribution is 1.97. The Labute approximate surface area is 62.4 Å². The van der Waals surface area contributed by atoms with E-state index in [4.69, 9.17) is 0 Å². The van der Waals surface area contributed by atoms with Gasteiger partial charge in [-0.1, -0.05) is 0 Å². The molecule has 0 rings (SSSR count). The first-order chi connectivity index (χ1) is 4.18. The number of carbonyl (C=O) groups excluding carboxylic acids is 2. The predicted octanol–water partition coefficient (Wildman–Crippen LogP) is 0.734. The molecule has 9 heavy (non-hydrogen) atoms. The van der Waals surface area contributed by atoms with Crippen molar-refractivity contribution in [2.45, 2.75) is 12.8 Å². The van der Waals surface area contributed by atoms with Gasteiger partial charge in [-0.25, -0.2) is 0 Å². The summed E-state index contributed by atoms with van der Waals surface area (Å²) in [5.74, 6) is -0.0814. The minimum atomic E-state index is -0.0814. The van der Waals surface area contributed by atoms with E-state index in [-0.39, 0.29) is 12.3 Å². The lowest BCUT2D eigenvalue weighted by molar-refractivity contribution is -0.126. The number of hydrogen-bond acceptors (Lipinski definition) is 2. The van der Waals surface area contributed by atoms with Crippen molar-refractivity contribution < 1.29 is 9.59 Å². The molecule has 4 heteroatoms. The Kier molecular flexibility index (Phi) is 4.30. The Morgan fingerprint density at radius 1 is 1.78 bits per heavy atom. The monoisotopic (exact) mass is 193 g/mol. The van der Waals surface area contributed by atoms with Crippen molar-refractivity contribution in [3.8, 4) is 0 Å². The van der Waals surface area contributed by atoms with Crippen molar-refractivity contribution in [3.05, 3.63) is 0 Å². The Hall–Kier alpha value is -0.380. The van der Waals surface area contributed by atoms with E-state index in [0.29, 0.717) is 6.42 Å². The molecule has 0 radical (unpaired) electrons. The van der Waals surface area contributed by atoms with E-state index in [1.807, 2.05) is 0 Å². The zero-order chi connectivity index (χ0) is 7.28. The fourth-order valence-corrected chi connectivity index (χ4v) is 0.514. The second-order valence-corrected chi connectivity index (χ2v) is 2.64. The topological polar surface area (TPSA) is 37.4 Å². The van der Waals surface area contributed by atoms with Crippen LogP contribution in [-0.2, 0) is 9.59 Å². The summed E-state index contributed by atoms with van der Waals surface area (Å²) in [6.45, 7) is 0. The lowest BCUT2D eigenvalue weighted by atomic mass is 10.3. The molecule has 0 aromatic rings. The Bertz CT molecular complexity index is 114. The molecule has 0 bridgehead atoms. The molecule has 0 aromatic carbocycles. The predicted molar refractivity (Wildman–Crippen MR) is 37.0 cm³/mol. The Morgan fingerprint density at radius 2 is 2.33 bits per heavy atom. The number of rotatable bonds is 3. The number of aldehydes is 1. The van der Waals surface area contributed by atoms with Gasteiger partial charge in [-0.3, -0.25) is 8.72 Å². The molecule has 3 nitrogen and oxygen atoms in total. The van der Waals surface area contributed by atoms with Gasteiger partial charge in [0.05, 0.1) is 16.1 Å². The van der Waals surface area contributed by atoms with Crippen LogP contribution in [0.25, 0.3) is 0 Å². The van der Waals surface area contributed by atoms with Crippen LogP contribution >= 0.6 is 16.1 Å². The molecular weight excluding hydrogens is 186 g/mol. The summed E-state index contributed by atoms with van der Waals surface area (Å²) in [6.07, 6.45) is 1.31. The van der Waals surface area contributed by atoms with Crippen LogP contribution in [0, 0.1) is 0 Å². The Balaban J connectivity index is 3.38. The third-order valence-electron chi connectivity index (χ3n) is 0.820. The maximum Gasteiger partial charge on any atom is 0.232 e. The molecule has 52 valence electrons. The van der Waals surface area contributed by atoms with E-state index in [1.54, 1.807) is 7.05 Å².